The Balaban J connectivity index is 5.56. The van der Waals surface area contributed by atoms with Gasteiger partial charge in [0.15, 0.2) is 0 Å². The number of phosphoric acid groups is 2. The zero-order valence-electron chi connectivity index (χ0n) is 68.2. The number of carbonyl (C=O) groups excluding carboxylic acids is 5. The SMILES string of the molecule is CCCCCCCCCCCCOC(=O)N[C@H](COCC[C@@H](CCCCCCC)OC(=O)CCCCCCCCCCC)COP(=O)(O)OCCNC(=O)NCCOP(=O)(O)OC[C@@H](COCC[C@@H](CCCCCCC)OC(=O)CCCCCCCCCCC)NC(=O)OCCCCCCCCCCCC. The number of amides is 4. The Labute approximate surface area is 645 Å². The molecule has 0 fully saturated rings. The van der Waals surface area contributed by atoms with Gasteiger partial charge in [0, 0.05) is 38.8 Å². The first-order valence-corrected chi connectivity index (χ1v) is 46.2. The molecular formula is C81H160N4O19P2. The van der Waals surface area contributed by atoms with E-state index in [4.69, 9.17) is 46.5 Å². The molecule has 0 radical (unpaired) electrons. The van der Waals surface area contributed by atoms with Crippen LogP contribution >= 0.6 is 15.6 Å². The summed E-state index contributed by atoms with van der Waals surface area (Å²) in [4.78, 5) is 86.2. The fourth-order valence-corrected chi connectivity index (χ4v) is 13.9. The molecule has 0 bridgehead atoms. The van der Waals surface area contributed by atoms with E-state index in [9.17, 15) is 42.9 Å². The number of urea groups is 1. The molecule has 0 rings (SSSR count). The van der Waals surface area contributed by atoms with E-state index in [0.717, 1.165) is 141 Å². The largest absolute Gasteiger partial charge is 0.472 e. The molecule has 0 aromatic rings. The lowest BCUT2D eigenvalue weighted by molar-refractivity contribution is -0.151. The second kappa shape index (κ2) is 77.2. The molecule has 6 N–H and O–H groups in total. The van der Waals surface area contributed by atoms with Crippen molar-refractivity contribution in [3.63, 3.8) is 0 Å². The van der Waals surface area contributed by atoms with E-state index in [2.05, 4.69) is 62.8 Å². The molecule has 4 amide bonds. The summed E-state index contributed by atoms with van der Waals surface area (Å²) in [6, 6.07) is -2.61. The minimum absolute atomic E-state index is 0.115. The zero-order chi connectivity index (χ0) is 77.8. The third kappa shape index (κ3) is 73.7. The van der Waals surface area contributed by atoms with E-state index < -0.39 is 72.4 Å². The Hall–Kier alpha value is -3.11. The van der Waals surface area contributed by atoms with Crippen LogP contribution in [-0.2, 0) is 65.2 Å². The minimum Gasteiger partial charge on any atom is -0.462 e. The van der Waals surface area contributed by atoms with Crippen molar-refractivity contribution < 1.29 is 89.4 Å². The quantitative estimate of drug-likeness (QED) is 0.0143. The standard InChI is InChI=1S/C81H160N4O19P2/c1-7-13-19-25-29-33-37-41-47-53-63-97-80(89)84-73(69-95-65-59-75(55-49-43-23-17-11-5)103-77(86)57-51-45-39-35-31-27-21-15-9-3)71-101-105(91,92)99-67-61-82-79(88)83-62-68-100-106(93,94)102-72-74(85-81(90)98-64-54-48-42-38-34-30-26-20-14-8-2)70-96-66-60-76(56-50-44-24-18-12-6)104-78(87)58-52-46-40-36-32-28-22-16-10-4/h73-76H,7-72H2,1-6H3,(H,84,89)(H,85,90)(H,91,92)(H,93,94)(H2,82,83,88)/t73-,74-,75-,76-/m1/s1. The van der Waals surface area contributed by atoms with Crippen LogP contribution in [0.25, 0.3) is 0 Å². The maximum atomic E-state index is 13.1. The topological polar surface area (TPSA) is 300 Å². The number of ether oxygens (including phenoxy) is 6. The van der Waals surface area contributed by atoms with Crippen molar-refractivity contribution >= 4 is 45.8 Å². The lowest BCUT2D eigenvalue weighted by atomic mass is 10.1. The highest BCUT2D eigenvalue weighted by molar-refractivity contribution is 7.47. The van der Waals surface area contributed by atoms with Crippen molar-refractivity contribution in [2.45, 2.75) is 413 Å². The lowest BCUT2D eigenvalue weighted by Crippen LogP contribution is -2.42. The van der Waals surface area contributed by atoms with E-state index >= 15 is 0 Å². The molecular weight excluding hydrogens is 1390 g/mol. The summed E-state index contributed by atoms with van der Waals surface area (Å²) in [5.74, 6) is -0.425. The fourth-order valence-electron chi connectivity index (χ4n) is 12.4. The number of carbonyl (C=O) groups is 5. The Morgan fingerprint density at radius 1 is 0.302 bits per heavy atom. The van der Waals surface area contributed by atoms with Gasteiger partial charge in [-0.05, 0) is 51.4 Å². The van der Waals surface area contributed by atoms with Crippen molar-refractivity contribution in [1.29, 1.82) is 0 Å². The van der Waals surface area contributed by atoms with Gasteiger partial charge in [-0.25, -0.2) is 23.5 Å². The summed E-state index contributed by atoms with van der Waals surface area (Å²) in [6.07, 6.45) is 54.7. The molecule has 0 aromatic heterocycles. The molecule has 0 heterocycles. The summed E-state index contributed by atoms with van der Waals surface area (Å²) in [5.41, 5.74) is 0. The number of esters is 2. The predicted molar refractivity (Wildman–Crippen MR) is 426 cm³/mol. The molecule has 0 aromatic carbocycles. The van der Waals surface area contributed by atoms with Gasteiger partial charge in [0.2, 0.25) is 0 Å². The molecule has 6 atom stereocenters. The van der Waals surface area contributed by atoms with Crippen LogP contribution in [0.1, 0.15) is 388 Å². The van der Waals surface area contributed by atoms with Crippen LogP contribution in [0.5, 0.6) is 0 Å². The van der Waals surface area contributed by atoms with Gasteiger partial charge in [0.25, 0.3) is 0 Å². The Morgan fingerprint density at radius 2 is 0.566 bits per heavy atom. The van der Waals surface area contributed by atoms with Gasteiger partial charge in [-0.1, -0.05) is 311 Å². The van der Waals surface area contributed by atoms with Crippen LogP contribution in [0, 0.1) is 0 Å². The van der Waals surface area contributed by atoms with Crippen LogP contribution in [0.4, 0.5) is 14.4 Å². The van der Waals surface area contributed by atoms with Crippen LogP contribution in [0.2, 0.25) is 0 Å². The third-order valence-corrected chi connectivity index (χ3v) is 20.9. The fraction of sp³-hybridized carbons (Fsp3) is 0.938. The van der Waals surface area contributed by atoms with Crippen LogP contribution in [-0.4, -0.2) is 143 Å². The minimum atomic E-state index is -4.75. The van der Waals surface area contributed by atoms with Gasteiger partial charge in [0.05, 0.1) is 78.2 Å². The van der Waals surface area contributed by atoms with Crippen molar-refractivity contribution in [2.24, 2.45) is 0 Å². The van der Waals surface area contributed by atoms with Crippen molar-refractivity contribution in [3.05, 3.63) is 0 Å². The average molecular weight is 1560 g/mol. The van der Waals surface area contributed by atoms with E-state index in [0.29, 0.717) is 51.4 Å². The van der Waals surface area contributed by atoms with Crippen LogP contribution < -0.4 is 21.3 Å². The number of hydrogen-bond donors (Lipinski definition) is 6. The molecule has 0 aliphatic rings. The highest BCUT2D eigenvalue weighted by Crippen LogP contribution is 2.44. The first-order valence-electron chi connectivity index (χ1n) is 43.2. The first kappa shape index (κ1) is 103. The summed E-state index contributed by atoms with van der Waals surface area (Å²) < 4.78 is 82.2. The molecule has 0 saturated carbocycles. The summed E-state index contributed by atoms with van der Waals surface area (Å²) in [6.45, 7) is 11.4. The summed E-state index contributed by atoms with van der Waals surface area (Å²) in [7, 11) is -9.50. The predicted octanol–water partition coefficient (Wildman–Crippen LogP) is 21.8. The smallest absolute Gasteiger partial charge is 0.462 e. The molecule has 0 saturated heterocycles. The maximum Gasteiger partial charge on any atom is 0.472 e. The lowest BCUT2D eigenvalue weighted by Gasteiger charge is -2.22. The van der Waals surface area contributed by atoms with Gasteiger partial charge in [-0.2, -0.15) is 0 Å². The average Bonchev–Trinajstić information content (AvgIpc) is 0.919. The third-order valence-electron chi connectivity index (χ3n) is 18.9. The van der Waals surface area contributed by atoms with Crippen molar-refractivity contribution in [1.82, 2.24) is 21.3 Å². The van der Waals surface area contributed by atoms with Crippen LogP contribution in [0.15, 0.2) is 0 Å². The van der Waals surface area contributed by atoms with Crippen LogP contribution in [0.3, 0.4) is 0 Å². The van der Waals surface area contributed by atoms with E-state index in [1.807, 2.05) is 0 Å². The summed E-state index contributed by atoms with van der Waals surface area (Å²) >= 11 is 0. The molecule has 23 nitrogen and oxygen atoms in total. The molecule has 106 heavy (non-hydrogen) atoms. The normalized spacial score (nSPS) is 13.8. The molecule has 25 heteroatoms. The zero-order valence-corrected chi connectivity index (χ0v) is 70.0. The van der Waals surface area contributed by atoms with Gasteiger partial charge >= 0.3 is 45.8 Å². The second-order valence-electron chi connectivity index (χ2n) is 29.2. The van der Waals surface area contributed by atoms with E-state index in [-0.39, 0.29) is 76.9 Å². The number of phosphoric ester groups is 2. The number of nitrogens with one attached hydrogen (secondary N) is 4. The Bertz CT molecular complexity index is 1970. The van der Waals surface area contributed by atoms with E-state index in [1.54, 1.807) is 0 Å². The second-order valence-corrected chi connectivity index (χ2v) is 32.1. The molecule has 2 unspecified atom stereocenters. The molecule has 0 aliphatic heterocycles. The number of rotatable bonds is 82. The van der Waals surface area contributed by atoms with E-state index in [1.165, 1.54) is 154 Å². The number of unbranched alkanes of at least 4 members (excludes halogenated alkanes) is 42. The van der Waals surface area contributed by atoms with Crippen molar-refractivity contribution in [2.75, 3.05) is 79.2 Å². The molecule has 0 aliphatic carbocycles. The highest BCUT2D eigenvalue weighted by atomic mass is 31.2. The molecule has 0 spiro atoms. The maximum absolute atomic E-state index is 13.1. The summed E-state index contributed by atoms with van der Waals surface area (Å²) in [5, 5.41) is 10.3. The van der Waals surface area contributed by atoms with Gasteiger partial charge in [0.1, 0.15) is 12.2 Å². The van der Waals surface area contributed by atoms with Gasteiger partial charge in [-0.3, -0.25) is 27.7 Å². The first-order chi connectivity index (χ1) is 51.5. The Kier molecular flexibility index (Phi) is 75.0. The number of hydrogen-bond acceptors (Lipinski definition) is 17. The van der Waals surface area contributed by atoms with Gasteiger partial charge < -0.3 is 59.5 Å². The molecule has 628 valence electrons. The highest BCUT2D eigenvalue weighted by Gasteiger charge is 2.28. The van der Waals surface area contributed by atoms with Gasteiger partial charge in [-0.15, -0.1) is 0 Å². The number of alkyl carbamates (subject to hydrolysis) is 2. The monoisotopic (exact) mass is 1560 g/mol. The Morgan fingerprint density at radius 3 is 0.858 bits per heavy atom. The van der Waals surface area contributed by atoms with Crippen molar-refractivity contribution in [3.8, 4) is 0 Å².